The Morgan fingerprint density at radius 3 is 2.75 bits per heavy atom. The van der Waals surface area contributed by atoms with Crippen molar-refractivity contribution in [1.82, 2.24) is 20.2 Å². The molecule has 0 spiro atoms. The van der Waals surface area contributed by atoms with Gasteiger partial charge in [-0.25, -0.2) is 9.97 Å². The van der Waals surface area contributed by atoms with Gasteiger partial charge in [-0.05, 0) is 18.6 Å². The van der Waals surface area contributed by atoms with E-state index in [-0.39, 0.29) is 5.41 Å². The third-order valence-corrected chi connectivity index (χ3v) is 3.04. The van der Waals surface area contributed by atoms with Gasteiger partial charge in [0.1, 0.15) is 12.0 Å². The van der Waals surface area contributed by atoms with Gasteiger partial charge < -0.3 is 0 Å². The molecule has 0 aromatic carbocycles. The van der Waals surface area contributed by atoms with Gasteiger partial charge in [0.05, 0.1) is 5.69 Å². The Bertz CT molecular complexity index is 459. The first-order valence-corrected chi connectivity index (χ1v) is 5.46. The molecule has 16 heavy (non-hydrogen) atoms. The summed E-state index contributed by atoms with van der Waals surface area (Å²) in [6.45, 7) is 6.57. The molecule has 0 amide bonds. The highest BCUT2D eigenvalue weighted by atomic mass is 15.1. The second-order valence-electron chi connectivity index (χ2n) is 4.50. The summed E-state index contributed by atoms with van der Waals surface area (Å²) in [7, 11) is 0. The Balaban J connectivity index is 2.34. The van der Waals surface area contributed by atoms with Crippen LogP contribution in [-0.2, 0) is 5.41 Å². The minimum atomic E-state index is 0.123. The average Bonchev–Trinajstić information content (AvgIpc) is 2.80. The zero-order chi connectivity index (χ0) is 11.6. The van der Waals surface area contributed by atoms with Crippen LogP contribution >= 0.6 is 0 Å². The third kappa shape index (κ3) is 1.96. The first kappa shape index (κ1) is 10.8. The zero-order valence-electron chi connectivity index (χ0n) is 9.86. The molecule has 0 saturated carbocycles. The molecule has 0 saturated heterocycles. The second-order valence-corrected chi connectivity index (χ2v) is 4.50. The lowest BCUT2D eigenvalue weighted by Gasteiger charge is -2.19. The van der Waals surface area contributed by atoms with E-state index in [1.54, 1.807) is 6.20 Å². The lowest BCUT2D eigenvalue weighted by molar-refractivity contribution is 0.489. The van der Waals surface area contributed by atoms with Crippen molar-refractivity contribution in [3.63, 3.8) is 0 Å². The summed E-state index contributed by atoms with van der Waals surface area (Å²) in [6.07, 6.45) is 4.33. The van der Waals surface area contributed by atoms with Gasteiger partial charge in [0.15, 0.2) is 0 Å². The average molecular weight is 216 g/mol. The van der Waals surface area contributed by atoms with Crippen molar-refractivity contribution < 1.29 is 0 Å². The van der Waals surface area contributed by atoms with Crippen LogP contribution in [0, 0.1) is 0 Å². The van der Waals surface area contributed by atoms with Crippen molar-refractivity contribution in [2.75, 3.05) is 0 Å². The highest BCUT2D eigenvalue weighted by molar-refractivity contribution is 5.53. The van der Waals surface area contributed by atoms with Crippen LogP contribution in [0.4, 0.5) is 0 Å². The Morgan fingerprint density at radius 1 is 1.31 bits per heavy atom. The number of nitrogens with one attached hydrogen (secondary N) is 1. The van der Waals surface area contributed by atoms with E-state index in [1.165, 1.54) is 6.33 Å². The fourth-order valence-corrected chi connectivity index (χ4v) is 1.43. The van der Waals surface area contributed by atoms with Crippen LogP contribution in [0.15, 0.2) is 24.7 Å². The van der Waals surface area contributed by atoms with E-state index in [2.05, 4.69) is 47.0 Å². The van der Waals surface area contributed by atoms with Crippen LogP contribution < -0.4 is 0 Å². The van der Waals surface area contributed by atoms with Crippen molar-refractivity contribution >= 4 is 0 Å². The Hall–Kier alpha value is -1.71. The van der Waals surface area contributed by atoms with Gasteiger partial charge in [-0.1, -0.05) is 20.8 Å². The predicted molar refractivity (Wildman–Crippen MR) is 62.9 cm³/mol. The van der Waals surface area contributed by atoms with Crippen LogP contribution in [0.25, 0.3) is 11.4 Å². The SMILES string of the molecule is CCC(C)(C)c1cc(-c2ccncn2)n[nH]1. The van der Waals surface area contributed by atoms with Crippen molar-refractivity contribution in [3.05, 3.63) is 30.4 Å². The maximum absolute atomic E-state index is 4.29. The molecule has 0 unspecified atom stereocenters. The predicted octanol–water partition coefficient (Wildman–Crippen LogP) is 2.55. The summed E-state index contributed by atoms with van der Waals surface area (Å²) < 4.78 is 0. The molecule has 0 bridgehead atoms. The van der Waals surface area contributed by atoms with Gasteiger partial charge in [0, 0.05) is 17.3 Å². The first-order valence-electron chi connectivity index (χ1n) is 5.46. The normalized spacial score (nSPS) is 11.7. The molecular formula is C12H16N4. The number of H-pyrrole nitrogens is 1. The van der Waals surface area contributed by atoms with Gasteiger partial charge in [-0.2, -0.15) is 5.10 Å². The van der Waals surface area contributed by atoms with E-state index in [4.69, 9.17) is 0 Å². The Labute approximate surface area is 95.1 Å². The van der Waals surface area contributed by atoms with Crippen LogP contribution in [0.3, 0.4) is 0 Å². The lowest BCUT2D eigenvalue weighted by atomic mass is 9.86. The molecule has 0 aliphatic heterocycles. The second kappa shape index (κ2) is 4.04. The van der Waals surface area contributed by atoms with E-state index in [1.807, 2.05) is 6.07 Å². The molecule has 2 aromatic heterocycles. The molecule has 2 rings (SSSR count). The highest BCUT2D eigenvalue weighted by Crippen LogP contribution is 2.27. The molecule has 4 heteroatoms. The summed E-state index contributed by atoms with van der Waals surface area (Å²) in [6, 6.07) is 3.92. The van der Waals surface area contributed by atoms with E-state index in [0.29, 0.717) is 0 Å². The van der Waals surface area contributed by atoms with Gasteiger partial charge in [0.2, 0.25) is 0 Å². The Kier molecular flexibility index (Phi) is 2.73. The van der Waals surface area contributed by atoms with Crippen LogP contribution in [0.1, 0.15) is 32.9 Å². The molecule has 2 heterocycles. The Morgan fingerprint density at radius 2 is 2.12 bits per heavy atom. The fraction of sp³-hybridized carbons (Fsp3) is 0.417. The van der Waals surface area contributed by atoms with Gasteiger partial charge in [-0.3, -0.25) is 5.10 Å². The summed E-state index contributed by atoms with van der Waals surface area (Å²) >= 11 is 0. The number of aromatic nitrogens is 4. The molecule has 0 aliphatic rings. The smallest absolute Gasteiger partial charge is 0.116 e. The van der Waals surface area contributed by atoms with Crippen LogP contribution in [0.5, 0.6) is 0 Å². The van der Waals surface area contributed by atoms with Gasteiger partial charge in [-0.15, -0.1) is 0 Å². The number of aromatic amines is 1. The van der Waals surface area contributed by atoms with Crippen molar-refractivity contribution in [3.8, 4) is 11.4 Å². The van der Waals surface area contributed by atoms with E-state index in [0.717, 1.165) is 23.5 Å². The standard InChI is InChI=1S/C12H16N4/c1-4-12(2,3)11-7-10(15-16-11)9-5-6-13-8-14-9/h5-8H,4H2,1-3H3,(H,15,16). The van der Waals surface area contributed by atoms with Crippen molar-refractivity contribution in [2.24, 2.45) is 0 Å². The third-order valence-electron chi connectivity index (χ3n) is 3.04. The van der Waals surface area contributed by atoms with Crippen molar-refractivity contribution in [1.29, 1.82) is 0 Å². The molecule has 1 N–H and O–H groups in total. The summed E-state index contributed by atoms with van der Waals surface area (Å²) in [5.41, 5.74) is 2.99. The van der Waals surface area contributed by atoms with Crippen LogP contribution in [0.2, 0.25) is 0 Å². The zero-order valence-corrected chi connectivity index (χ0v) is 9.86. The molecule has 0 fully saturated rings. The highest BCUT2D eigenvalue weighted by Gasteiger charge is 2.21. The number of hydrogen-bond acceptors (Lipinski definition) is 3. The summed E-state index contributed by atoms with van der Waals surface area (Å²) in [5, 5.41) is 7.37. The minimum absolute atomic E-state index is 0.123. The molecular weight excluding hydrogens is 200 g/mol. The van der Waals surface area contributed by atoms with E-state index < -0.39 is 0 Å². The summed E-state index contributed by atoms with van der Waals surface area (Å²) in [4.78, 5) is 8.07. The topological polar surface area (TPSA) is 54.5 Å². The molecule has 0 atom stereocenters. The van der Waals surface area contributed by atoms with Crippen LogP contribution in [-0.4, -0.2) is 20.2 Å². The lowest BCUT2D eigenvalue weighted by Crippen LogP contribution is -2.15. The largest absolute Gasteiger partial charge is 0.281 e. The van der Waals surface area contributed by atoms with E-state index >= 15 is 0 Å². The quantitative estimate of drug-likeness (QED) is 0.857. The fourth-order valence-electron chi connectivity index (χ4n) is 1.43. The first-order chi connectivity index (χ1) is 7.63. The van der Waals surface area contributed by atoms with Gasteiger partial charge in [0.25, 0.3) is 0 Å². The molecule has 2 aromatic rings. The molecule has 0 aliphatic carbocycles. The maximum atomic E-state index is 4.29. The minimum Gasteiger partial charge on any atom is -0.281 e. The molecule has 84 valence electrons. The number of hydrogen-bond donors (Lipinski definition) is 1. The number of nitrogens with zero attached hydrogens (tertiary/aromatic N) is 3. The maximum Gasteiger partial charge on any atom is 0.116 e. The molecule has 4 nitrogen and oxygen atoms in total. The number of rotatable bonds is 3. The monoisotopic (exact) mass is 216 g/mol. The summed E-state index contributed by atoms with van der Waals surface area (Å²) in [5.74, 6) is 0. The van der Waals surface area contributed by atoms with Crippen molar-refractivity contribution in [2.45, 2.75) is 32.6 Å². The van der Waals surface area contributed by atoms with Gasteiger partial charge >= 0.3 is 0 Å². The molecule has 0 radical (unpaired) electrons. The van der Waals surface area contributed by atoms with E-state index in [9.17, 15) is 0 Å².